The summed E-state index contributed by atoms with van der Waals surface area (Å²) in [5, 5.41) is 7.47. The van der Waals surface area contributed by atoms with E-state index in [1.165, 1.54) is 0 Å². The van der Waals surface area contributed by atoms with Gasteiger partial charge in [-0.05, 0) is 6.92 Å². The average molecular weight is 228 g/mol. The predicted octanol–water partition coefficient (Wildman–Crippen LogP) is 2.36. The van der Waals surface area contributed by atoms with Gasteiger partial charge in [-0.15, -0.1) is 0 Å². The summed E-state index contributed by atoms with van der Waals surface area (Å²) in [5.41, 5.74) is 2.00. The molecule has 0 bridgehead atoms. The summed E-state index contributed by atoms with van der Waals surface area (Å²) < 4.78 is 10.1. The van der Waals surface area contributed by atoms with Crippen LogP contribution >= 0.6 is 0 Å². The fraction of sp³-hybridized carbons (Fsp3) is 0.0833. The van der Waals surface area contributed by atoms with E-state index in [9.17, 15) is 4.79 Å². The second-order valence-electron chi connectivity index (χ2n) is 3.65. The molecular weight excluding hydrogens is 220 g/mol. The van der Waals surface area contributed by atoms with Gasteiger partial charge in [0.1, 0.15) is 5.69 Å². The van der Waals surface area contributed by atoms with Gasteiger partial charge < -0.3 is 9.05 Å². The van der Waals surface area contributed by atoms with Crippen LogP contribution in [-0.4, -0.2) is 16.1 Å². The van der Waals surface area contributed by atoms with Crippen molar-refractivity contribution in [2.24, 2.45) is 0 Å². The van der Waals surface area contributed by atoms with E-state index in [-0.39, 0.29) is 11.5 Å². The van der Waals surface area contributed by atoms with Crippen LogP contribution in [0.4, 0.5) is 0 Å². The van der Waals surface area contributed by atoms with Gasteiger partial charge in [0, 0.05) is 5.56 Å². The first-order valence-electron chi connectivity index (χ1n) is 5.09. The zero-order valence-electron chi connectivity index (χ0n) is 9.01. The molecule has 0 aliphatic heterocycles. The third-order valence-electron chi connectivity index (χ3n) is 2.50. The number of nitrogens with zero attached hydrogens (tertiary/aromatic N) is 2. The SMILES string of the molecule is Cc1noc2c(C(=O)c3ccccc3)noc12. The van der Waals surface area contributed by atoms with E-state index in [0.717, 1.165) is 0 Å². The van der Waals surface area contributed by atoms with Crippen molar-refractivity contribution < 1.29 is 13.8 Å². The van der Waals surface area contributed by atoms with Crippen molar-refractivity contribution >= 4 is 16.9 Å². The predicted molar refractivity (Wildman–Crippen MR) is 58.7 cm³/mol. The summed E-state index contributed by atoms with van der Waals surface area (Å²) in [6.45, 7) is 1.73. The fourth-order valence-electron chi connectivity index (χ4n) is 1.62. The van der Waals surface area contributed by atoms with Crippen molar-refractivity contribution in [2.45, 2.75) is 6.92 Å². The highest BCUT2D eigenvalue weighted by Crippen LogP contribution is 2.23. The summed E-state index contributed by atoms with van der Waals surface area (Å²) in [7, 11) is 0. The van der Waals surface area contributed by atoms with Gasteiger partial charge in [-0.1, -0.05) is 40.6 Å². The molecule has 5 heteroatoms. The van der Waals surface area contributed by atoms with E-state index >= 15 is 0 Å². The molecule has 0 spiro atoms. The van der Waals surface area contributed by atoms with Crippen LogP contribution in [0.15, 0.2) is 39.4 Å². The average Bonchev–Trinajstić information content (AvgIpc) is 2.93. The molecule has 0 fully saturated rings. The molecule has 0 N–H and O–H groups in total. The Balaban J connectivity index is 2.13. The monoisotopic (exact) mass is 228 g/mol. The number of hydrogen-bond donors (Lipinski definition) is 0. The number of hydrogen-bond acceptors (Lipinski definition) is 5. The zero-order chi connectivity index (χ0) is 11.8. The van der Waals surface area contributed by atoms with Crippen LogP contribution < -0.4 is 0 Å². The van der Waals surface area contributed by atoms with E-state index < -0.39 is 0 Å². The molecule has 2 heterocycles. The van der Waals surface area contributed by atoms with Crippen molar-refractivity contribution in [3.05, 3.63) is 47.3 Å². The van der Waals surface area contributed by atoms with Gasteiger partial charge in [-0.3, -0.25) is 4.79 Å². The molecule has 0 radical (unpaired) electrons. The molecule has 17 heavy (non-hydrogen) atoms. The molecule has 3 rings (SSSR count). The largest absolute Gasteiger partial charge is 0.350 e. The van der Waals surface area contributed by atoms with Gasteiger partial charge in [0.25, 0.3) is 0 Å². The van der Waals surface area contributed by atoms with Gasteiger partial charge in [0.2, 0.25) is 22.6 Å². The molecule has 2 aromatic heterocycles. The Morgan fingerprint density at radius 1 is 1.06 bits per heavy atom. The van der Waals surface area contributed by atoms with Crippen molar-refractivity contribution in [1.29, 1.82) is 0 Å². The van der Waals surface area contributed by atoms with Gasteiger partial charge in [0.15, 0.2) is 0 Å². The normalized spacial score (nSPS) is 10.9. The highest BCUT2D eigenvalue weighted by Gasteiger charge is 2.22. The molecule has 0 unspecified atom stereocenters. The van der Waals surface area contributed by atoms with E-state index in [0.29, 0.717) is 22.4 Å². The molecule has 0 aliphatic carbocycles. The number of aryl methyl sites for hydroxylation is 1. The van der Waals surface area contributed by atoms with E-state index in [1.54, 1.807) is 31.2 Å². The van der Waals surface area contributed by atoms with Crippen LogP contribution in [0.5, 0.6) is 0 Å². The third kappa shape index (κ3) is 1.44. The van der Waals surface area contributed by atoms with Crippen LogP contribution in [0.2, 0.25) is 0 Å². The van der Waals surface area contributed by atoms with Crippen LogP contribution in [-0.2, 0) is 0 Å². The summed E-state index contributed by atoms with van der Waals surface area (Å²) in [4.78, 5) is 12.1. The summed E-state index contributed by atoms with van der Waals surface area (Å²) >= 11 is 0. The molecule has 0 atom stereocenters. The van der Waals surface area contributed by atoms with Crippen molar-refractivity contribution in [3.63, 3.8) is 0 Å². The lowest BCUT2D eigenvalue weighted by Gasteiger charge is -1.94. The first-order valence-corrected chi connectivity index (χ1v) is 5.09. The molecule has 3 aromatic rings. The van der Waals surface area contributed by atoms with Crippen LogP contribution in [0.3, 0.4) is 0 Å². The number of fused-ring (bicyclic) bond motifs is 1. The molecule has 0 amide bonds. The smallest absolute Gasteiger partial charge is 0.238 e. The quantitative estimate of drug-likeness (QED) is 0.629. The Morgan fingerprint density at radius 2 is 1.76 bits per heavy atom. The molecule has 0 aliphatic rings. The van der Waals surface area contributed by atoms with Crippen LogP contribution in [0.1, 0.15) is 21.7 Å². The maximum atomic E-state index is 12.1. The Kier molecular flexibility index (Phi) is 2.04. The first-order chi connectivity index (χ1) is 8.27. The number of benzene rings is 1. The number of ketones is 1. The second kappa shape index (κ2) is 3.55. The maximum Gasteiger partial charge on any atom is 0.238 e. The Labute approximate surface area is 96.0 Å². The minimum atomic E-state index is -0.236. The summed E-state index contributed by atoms with van der Waals surface area (Å²) in [6, 6.07) is 8.85. The topological polar surface area (TPSA) is 69.1 Å². The Morgan fingerprint density at radius 3 is 2.53 bits per heavy atom. The molecule has 1 aromatic carbocycles. The minimum absolute atomic E-state index is 0.159. The lowest BCUT2D eigenvalue weighted by atomic mass is 10.1. The number of carbonyl (C=O) groups excluding carboxylic acids is 1. The van der Waals surface area contributed by atoms with Crippen molar-refractivity contribution in [3.8, 4) is 0 Å². The molecule has 5 nitrogen and oxygen atoms in total. The van der Waals surface area contributed by atoms with Gasteiger partial charge >= 0.3 is 0 Å². The number of carbonyl (C=O) groups is 1. The summed E-state index contributed by atoms with van der Waals surface area (Å²) in [6.07, 6.45) is 0. The lowest BCUT2D eigenvalue weighted by Crippen LogP contribution is -2.01. The lowest BCUT2D eigenvalue weighted by molar-refractivity contribution is 0.103. The van der Waals surface area contributed by atoms with Gasteiger partial charge in [-0.25, -0.2) is 0 Å². The third-order valence-corrected chi connectivity index (χ3v) is 2.50. The van der Waals surface area contributed by atoms with Crippen LogP contribution in [0, 0.1) is 6.92 Å². The number of aromatic nitrogens is 2. The van der Waals surface area contributed by atoms with E-state index in [2.05, 4.69) is 10.3 Å². The highest BCUT2D eigenvalue weighted by molar-refractivity contribution is 6.13. The minimum Gasteiger partial charge on any atom is -0.350 e. The zero-order valence-corrected chi connectivity index (χ0v) is 9.01. The van der Waals surface area contributed by atoms with E-state index in [1.807, 2.05) is 6.07 Å². The van der Waals surface area contributed by atoms with E-state index in [4.69, 9.17) is 9.05 Å². The van der Waals surface area contributed by atoms with Crippen molar-refractivity contribution in [1.82, 2.24) is 10.3 Å². The van der Waals surface area contributed by atoms with Gasteiger partial charge in [-0.2, -0.15) is 0 Å². The second-order valence-corrected chi connectivity index (χ2v) is 3.65. The first kappa shape index (κ1) is 9.77. The van der Waals surface area contributed by atoms with Crippen LogP contribution in [0.25, 0.3) is 11.2 Å². The standard InChI is InChI=1S/C12H8N2O3/c1-7-11-12(17-13-7)9(14-16-11)10(15)8-5-3-2-4-6-8/h2-6H,1H3. The fourth-order valence-corrected chi connectivity index (χ4v) is 1.62. The molecule has 0 saturated carbocycles. The summed E-state index contributed by atoms with van der Waals surface area (Å²) in [5.74, 6) is -0.236. The van der Waals surface area contributed by atoms with Gasteiger partial charge in [0.05, 0.1) is 0 Å². The maximum absolute atomic E-state index is 12.1. The molecule has 0 saturated heterocycles. The Bertz CT molecular complexity index is 682. The van der Waals surface area contributed by atoms with Crippen molar-refractivity contribution in [2.75, 3.05) is 0 Å². The Hall–Kier alpha value is -2.43. The highest BCUT2D eigenvalue weighted by atomic mass is 16.5. The molecule has 84 valence electrons. The molecular formula is C12H8N2O3. The number of rotatable bonds is 2.